The SMILES string of the molecule is Cc1ccccc1C(=O)N1[C@H](C(=O)NC2CC2)COC12CCN(C(=O)c1cccs1)CC2. The van der Waals surface area contributed by atoms with Gasteiger partial charge in [-0.05, 0) is 42.8 Å². The molecule has 1 aliphatic carbocycles. The Balaban J connectivity index is 1.40. The molecule has 1 aromatic heterocycles. The van der Waals surface area contributed by atoms with Crippen molar-refractivity contribution in [3.63, 3.8) is 0 Å². The van der Waals surface area contributed by atoms with Gasteiger partial charge in [-0.25, -0.2) is 0 Å². The van der Waals surface area contributed by atoms with Crippen molar-refractivity contribution in [2.24, 2.45) is 0 Å². The normalized spacial score (nSPS) is 22.2. The van der Waals surface area contributed by atoms with Crippen LogP contribution in [0.15, 0.2) is 41.8 Å². The standard InChI is InChI=1S/C24H27N3O4S/c1-16-5-2-3-6-18(16)22(29)27-19(21(28)25-17-8-9-17)15-31-24(27)10-12-26(13-11-24)23(30)20-7-4-14-32-20/h2-7,14,17,19H,8-13,15H2,1H3,(H,25,28)/t19-/m0/s1. The van der Waals surface area contributed by atoms with E-state index in [1.54, 1.807) is 11.0 Å². The lowest BCUT2D eigenvalue weighted by Crippen LogP contribution is -2.60. The average Bonchev–Trinajstić information content (AvgIpc) is 3.30. The number of benzene rings is 1. The fourth-order valence-corrected chi connectivity index (χ4v) is 5.34. The average molecular weight is 454 g/mol. The van der Waals surface area contributed by atoms with Crippen molar-refractivity contribution in [3.05, 3.63) is 57.8 Å². The van der Waals surface area contributed by atoms with Crippen LogP contribution in [-0.2, 0) is 9.53 Å². The van der Waals surface area contributed by atoms with Crippen LogP contribution in [0.3, 0.4) is 0 Å². The molecular weight excluding hydrogens is 426 g/mol. The largest absolute Gasteiger partial charge is 0.353 e. The molecule has 1 N–H and O–H groups in total. The Morgan fingerprint density at radius 2 is 1.81 bits per heavy atom. The Bertz CT molecular complexity index is 1030. The molecule has 0 radical (unpaired) electrons. The van der Waals surface area contributed by atoms with Gasteiger partial charge in [-0.1, -0.05) is 24.3 Å². The fourth-order valence-electron chi connectivity index (χ4n) is 4.65. The number of rotatable bonds is 4. The summed E-state index contributed by atoms with van der Waals surface area (Å²) in [5, 5.41) is 4.93. The lowest BCUT2D eigenvalue weighted by Gasteiger charge is -2.44. The number of thiophene rings is 1. The third kappa shape index (κ3) is 3.82. The Labute approximate surface area is 191 Å². The summed E-state index contributed by atoms with van der Waals surface area (Å²) in [6.45, 7) is 3.03. The molecule has 8 heteroatoms. The topological polar surface area (TPSA) is 79.0 Å². The molecule has 0 unspecified atom stereocenters. The Morgan fingerprint density at radius 3 is 2.47 bits per heavy atom. The molecule has 3 fully saturated rings. The van der Waals surface area contributed by atoms with E-state index in [0.717, 1.165) is 18.4 Å². The number of nitrogens with zero attached hydrogens (tertiary/aromatic N) is 2. The molecule has 32 heavy (non-hydrogen) atoms. The van der Waals surface area contributed by atoms with Gasteiger partial charge in [-0.2, -0.15) is 0 Å². The van der Waals surface area contributed by atoms with Crippen LogP contribution in [0, 0.1) is 6.92 Å². The number of aryl methyl sites for hydroxylation is 1. The van der Waals surface area contributed by atoms with Crippen molar-refractivity contribution in [1.29, 1.82) is 0 Å². The molecule has 0 bridgehead atoms. The molecule has 1 spiro atoms. The number of carbonyl (C=O) groups excluding carboxylic acids is 3. The van der Waals surface area contributed by atoms with Crippen molar-refractivity contribution in [3.8, 4) is 0 Å². The van der Waals surface area contributed by atoms with Crippen molar-refractivity contribution in [2.45, 2.75) is 50.4 Å². The number of carbonyl (C=O) groups is 3. The highest BCUT2D eigenvalue weighted by Gasteiger charge is 2.54. The van der Waals surface area contributed by atoms with E-state index in [-0.39, 0.29) is 30.4 Å². The Hall–Kier alpha value is -2.71. The summed E-state index contributed by atoms with van der Waals surface area (Å²) in [5.74, 6) is -0.328. The van der Waals surface area contributed by atoms with Crippen LogP contribution in [0.4, 0.5) is 0 Å². The van der Waals surface area contributed by atoms with Crippen LogP contribution in [0.25, 0.3) is 0 Å². The summed E-state index contributed by atoms with van der Waals surface area (Å²) in [6, 6.07) is 10.7. The van der Waals surface area contributed by atoms with E-state index < -0.39 is 11.8 Å². The second kappa shape index (κ2) is 8.33. The van der Waals surface area contributed by atoms with Gasteiger partial charge in [0, 0.05) is 37.5 Å². The molecule has 3 amide bonds. The van der Waals surface area contributed by atoms with Gasteiger partial charge in [0.25, 0.3) is 11.8 Å². The number of likely N-dealkylation sites (tertiary alicyclic amines) is 1. The smallest absolute Gasteiger partial charge is 0.263 e. The fraction of sp³-hybridized carbons (Fsp3) is 0.458. The zero-order chi connectivity index (χ0) is 22.3. The summed E-state index contributed by atoms with van der Waals surface area (Å²) in [5.41, 5.74) is 0.571. The van der Waals surface area contributed by atoms with Crippen molar-refractivity contribution < 1.29 is 19.1 Å². The molecule has 1 aromatic carbocycles. The molecule has 2 aromatic rings. The summed E-state index contributed by atoms with van der Waals surface area (Å²) in [6.07, 6.45) is 2.93. The molecule has 1 atom stereocenters. The lowest BCUT2D eigenvalue weighted by molar-refractivity contribution is -0.128. The van der Waals surface area contributed by atoms with Crippen LogP contribution in [0.5, 0.6) is 0 Å². The Morgan fingerprint density at radius 1 is 1.06 bits per heavy atom. The first-order valence-corrected chi connectivity index (χ1v) is 12.0. The zero-order valence-corrected chi connectivity index (χ0v) is 18.9. The van der Waals surface area contributed by atoms with E-state index in [4.69, 9.17) is 4.74 Å². The van der Waals surface area contributed by atoms with Gasteiger partial charge < -0.3 is 15.0 Å². The van der Waals surface area contributed by atoms with E-state index in [0.29, 0.717) is 36.4 Å². The molecule has 2 aliphatic heterocycles. The number of nitrogens with one attached hydrogen (secondary N) is 1. The third-order valence-electron chi connectivity index (χ3n) is 6.65. The number of amides is 3. The van der Waals surface area contributed by atoms with E-state index in [9.17, 15) is 14.4 Å². The van der Waals surface area contributed by atoms with E-state index >= 15 is 0 Å². The number of hydrogen-bond donors (Lipinski definition) is 1. The molecule has 168 valence electrons. The minimum Gasteiger partial charge on any atom is -0.353 e. The molecule has 7 nitrogen and oxygen atoms in total. The van der Waals surface area contributed by atoms with Gasteiger partial charge in [0.1, 0.15) is 11.8 Å². The van der Waals surface area contributed by atoms with Crippen LogP contribution in [-0.4, -0.2) is 65.0 Å². The highest BCUT2D eigenvalue weighted by Crippen LogP contribution is 2.39. The van der Waals surface area contributed by atoms with Crippen molar-refractivity contribution in [2.75, 3.05) is 19.7 Å². The second-order valence-corrected chi connectivity index (χ2v) is 9.76. The van der Waals surface area contributed by atoms with Crippen LogP contribution >= 0.6 is 11.3 Å². The summed E-state index contributed by atoms with van der Waals surface area (Å²) >= 11 is 1.43. The van der Waals surface area contributed by atoms with Gasteiger partial charge in [0.2, 0.25) is 5.91 Å². The molecule has 3 aliphatic rings. The summed E-state index contributed by atoms with van der Waals surface area (Å²) in [4.78, 5) is 43.8. The van der Waals surface area contributed by atoms with Crippen molar-refractivity contribution >= 4 is 29.1 Å². The molecule has 5 rings (SSSR count). The monoisotopic (exact) mass is 453 g/mol. The maximum atomic E-state index is 13.7. The predicted molar refractivity (Wildman–Crippen MR) is 120 cm³/mol. The maximum absolute atomic E-state index is 13.7. The van der Waals surface area contributed by atoms with E-state index in [2.05, 4.69) is 5.32 Å². The number of piperidine rings is 1. The van der Waals surface area contributed by atoms with Crippen LogP contribution in [0.2, 0.25) is 0 Å². The summed E-state index contributed by atoms with van der Waals surface area (Å²) in [7, 11) is 0. The van der Waals surface area contributed by atoms with Crippen LogP contribution < -0.4 is 5.32 Å². The lowest BCUT2D eigenvalue weighted by atomic mass is 9.95. The van der Waals surface area contributed by atoms with Gasteiger partial charge in [-0.3, -0.25) is 19.3 Å². The van der Waals surface area contributed by atoms with E-state index in [1.807, 2.05) is 47.5 Å². The van der Waals surface area contributed by atoms with E-state index in [1.165, 1.54) is 11.3 Å². The highest BCUT2D eigenvalue weighted by molar-refractivity contribution is 7.12. The third-order valence-corrected chi connectivity index (χ3v) is 7.50. The van der Waals surface area contributed by atoms with Gasteiger partial charge in [0.05, 0.1) is 11.5 Å². The molecular formula is C24H27N3O4S. The van der Waals surface area contributed by atoms with Gasteiger partial charge in [0.15, 0.2) is 0 Å². The predicted octanol–water partition coefficient (Wildman–Crippen LogP) is 2.81. The zero-order valence-electron chi connectivity index (χ0n) is 18.1. The quantitative estimate of drug-likeness (QED) is 0.772. The highest BCUT2D eigenvalue weighted by atomic mass is 32.1. The van der Waals surface area contributed by atoms with Gasteiger partial charge >= 0.3 is 0 Å². The molecule has 2 saturated heterocycles. The first-order valence-electron chi connectivity index (χ1n) is 11.1. The molecule has 1 saturated carbocycles. The maximum Gasteiger partial charge on any atom is 0.263 e. The van der Waals surface area contributed by atoms with Crippen molar-refractivity contribution in [1.82, 2.24) is 15.1 Å². The van der Waals surface area contributed by atoms with Crippen LogP contribution in [0.1, 0.15) is 51.3 Å². The number of hydrogen-bond acceptors (Lipinski definition) is 5. The minimum atomic E-state index is -0.878. The molecule has 3 heterocycles. The summed E-state index contributed by atoms with van der Waals surface area (Å²) < 4.78 is 6.24. The minimum absolute atomic E-state index is 0.00709. The first kappa shape index (κ1) is 21.2. The number of ether oxygens (including phenoxy) is 1. The van der Waals surface area contributed by atoms with Gasteiger partial charge in [-0.15, -0.1) is 11.3 Å². The Kier molecular flexibility index (Phi) is 5.51. The first-order chi connectivity index (χ1) is 15.5. The second-order valence-electron chi connectivity index (χ2n) is 8.82.